The smallest absolute Gasteiger partial charge is 0.271 e. The van der Waals surface area contributed by atoms with E-state index in [-0.39, 0.29) is 11.6 Å². The topological polar surface area (TPSA) is 76.1 Å². The van der Waals surface area contributed by atoms with E-state index in [0.29, 0.717) is 17.4 Å². The number of hydrogen-bond donors (Lipinski definition) is 2. The number of carbonyl (C=O) groups excluding carboxylic acids is 1. The van der Waals surface area contributed by atoms with Crippen molar-refractivity contribution in [1.29, 1.82) is 0 Å². The summed E-state index contributed by atoms with van der Waals surface area (Å²) < 4.78 is 5.13. The second-order valence-electron chi connectivity index (χ2n) is 5.76. The molecule has 138 valence electrons. The fourth-order valence-electron chi connectivity index (χ4n) is 2.42. The number of nitrogens with zero attached hydrogens (tertiary/aromatic N) is 2. The Hall–Kier alpha value is -3.12. The summed E-state index contributed by atoms with van der Waals surface area (Å²) in [4.78, 5) is 12.2. The number of rotatable bonds is 7. The summed E-state index contributed by atoms with van der Waals surface area (Å²) in [6.45, 7) is 0.506. The first-order valence-electron chi connectivity index (χ1n) is 8.42. The number of benzene rings is 2. The second kappa shape index (κ2) is 9.00. The maximum Gasteiger partial charge on any atom is 0.271 e. The normalized spacial score (nSPS) is 10.3. The van der Waals surface area contributed by atoms with Crippen molar-refractivity contribution in [3.05, 3.63) is 76.9 Å². The quantitative estimate of drug-likeness (QED) is 0.649. The van der Waals surface area contributed by atoms with E-state index in [1.54, 1.807) is 25.3 Å². The van der Waals surface area contributed by atoms with Gasteiger partial charge in [-0.3, -0.25) is 4.79 Å². The lowest BCUT2D eigenvalue weighted by molar-refractivity contribution is 0.0948. The van der Waals surface area contributed by atoms with Crippen molar-refractivity contribution in [1.82, 2.24) is 15.5 Å². The van der Waals surface area contributed by atoms with Crippen molar-refractivity contribution in [3.63, 3.8) is 0 Å². The average Bonchev–Trinajstić information content (AvgIpc) is 2.71. The number of carbonyl (C=O) groups is 1. The summed E-state index contributed by atoms with van der Waals surface area (Å²) in [5.74, 6) is 1.06. The number of hydrogen-bond acceptors (Lipinski definition) is 5. The molecule has 0 saturated heterocycles. The highest BCUT2D eigenvalue weighted by Crippen LogP contribution is 2.23. The van der Waals surface area contributed by atoms with Crippen molar-refractivity contribution in [3.8, 4) is 5.75 Å². The molecule has 0 unspecified atom stereocenters. The molecule has 0 atom stereocenters. The molecule has 1 aromatic heterocycles. The number of nitrogens with one attached hydrogen (secondary N) is 2. The first-order chi connectivity index (χ1) is 13.2. The van der Waals surface area contributed by atoms with E-state index < -0.39 is 0 Å². The maximum absolute atomic E-state index is 12.2. The Morgan fingerprint density at radius 3 is 2.48 bits per heavy atom. The van der Waals surface area contributed by atoms with Crippen LogP contribution in [0.25, 0.3) is 0 Å². The van der Waals surface area contributed by atoms with E-state index in [2.05, 4.69) is 20.8 Å². The molecule has 2 N–H and O–H groups in total. The minimum absolute atomic E-state index is 0.259. The van der Waals surface area contributed by atoms with E-state index in [1.165, 1.54) is 0 Å². The standard InChI is InChI=1S/C20H19ClN4O2/c1-27-15-8-6-14(7-9-15)12-13-22-20(26)18-10-11-19(25-24-18)23-17-5-3-2-4-16(17)21/h2-11H,12-13H2,1H3,(H,22,26)(H,23,25). The van der Waals surface area contributed by atoms with Crippen LogP contribution in [0.3, 0.4) is 0 Å². The zero-order chi connectivity index (χ0) is 19.1. The highest BCUT2D eigenvalue weighted by atomic mass is 35.5. The van der Waals surface area contributed by atoms with E-state index in [9.17, 15) is 4.79 Å². The van der Waals surface area contributed by atoms with Crippen molar-refractivity contribution in [2.24, 2.45) is 0 Å². The lowest BCUT2D eigenvalue weighted by Crippen LogP contribution is -2.26. The molecule has 0 spiro atoms. The molecule has 1 amide bonds. The van der Waals surface area contributed by atoms with Crippen LogP contribution in [0, 0.1) is 0 Å². The van der Waals surface area contributed by atoms with Crippen LogP contribution >= 0.6 is 11.6 Å². The third-order valence-corrected chi connectivity index (χ3v) is 4.22. The number of ether oxygens (including phenoxy) is 1. The van der Waals surface area contributed by atoms with Gasteiger partial charge in [0.1, 0.15) is 5.75 Å². The van der Waals surface area contributed by atoms with Crippen LogP contribution in [-0.4, -0.2) is 29.8 Å². The third-order valence-electron chi connectivity index (χ3n) is 3.89. The van der Waals surface area contributed by atoms with Gasteiger partial charge in [0, 0.05) is 6.54 Å². The number of para-hydroxylation sites is 1. The zero-order valence-electron chi connectivity index (χ0n) is 14.8. The van der Waals surface area contributed by atoms with Gasteiger partial charge in [-0.2, -0.15) is 0 Å². The highest BCUT2D eigenvalue weighted by molar-refractivity contribution is 6.33. The van der Waals surface area contributed by atoms with Crippen LogP contribution in [0.4, 0.5) is 11.5 Å². The van der Waals surface area contributed by atoms with Crippen molar-refractivity contribution >= 4 is 29.0 Å². The fourth-order valence-corrected chi connectivity index (χ4v) is 2.61. The van der Waals surface area contributed by atoms with E-state index in [1.807, 2.05) is 42.5 Å². The maximum atomic E-state index is 12.2. The Labute approximate surface area is 162 Å². The Bertz CT molecular complexity index is 899. The number of aromatic nitrogens is 2. The van der Waals surface area contributed by atoms with Crippen LogP contribution in [0.1, 0.15) is 16.1 Å². The molecule has 0 aliphatic carbocycles. The minimum atomic E-state index is -0.264. The van der Waals surface area contributed by atoms with Gasteiger partial charge in [0.05, 0.1) is 17.8 Å². The second-order valence-corrected chi connectivity index (χ2v) is 6.17. The molecule has 7 heteroatoms. The number of anilines is 2. The number of halogens is 1. The number of amides is 1. The monoisotopic (exact) mass is 382 g/mol. The van der Waals surface area contributed by atoms with Gasteiger partial charge in [-0.05, 0) is 48.4 Å². The SMILES string of the molecule is COc1ccc(CCNC(=O)c2ccc(Nc3ccccc3Cl)nn2)cc1. The Balaban J connectivity index is 1.52. The molecule has 0 aliphatic rings. The fraction of sp³-hybridized carbons (Fsp3) is 0.150. The van der Waals surface area contributed by atoms with Crippen LogP contribution in [0.15, 0.2) is 60.7 Å². The van der Waals surface area contributed by atoms with Crippen molar-refractivity contribution in [2.45, 2.75) is 6.42 Å². The molecule has 1 heterocycles. The van der Waals surface area contributed by atoms with Gasteiger partial charge in [0.15, 0.2) is 11.5 Å². The summed E-state index contributed by atoms with van der Waals surface area (Å²) in [6.07, 6.45) is 0.718. The van der Waals surface area contributed by atoms with E-state index >= 15 is 0 Å². The molecule has 27 heavy (non-hydrogen) atoms. The highest BCUT2D eigenvalue weighted by Gasteiger charge is 2.08. The van der Waals surface area contributed by atoms with Gasteiger partial charge in [-0.25, -0.2) is 0 Å². The Morgan fingerprint density at radius 2 is 1.81 bits per heavy atom. The van der Waals surface area contributed by atoms with Crippen LogP contribution in [0.2, 0.25) is 5.02 Å². The summed E-state index contributed by atoms with van der Waals surface area (Å²) in [5, 5.41) is 14.5. The van der Waals surface area contributed by atoms with Gasteiger partial charge in [-0.15, -0.1) is 10.2 Å². The number of methoxy groups -OCH3 is 1. The van der Waals surface area contributed by atoms with Crippen LogP contribution in [-0.2, 0) is 6.42 Å². The van der Waals surface area contributed by atoms with E-state index in [4.69, 9.17) is 16.3 Å². The molecule has 2 aromatic carbocycles. The van der Waals surface area contributed by atoms with Gasteiger partial charge in [0.2, 0.25) is 0 Å². The minimum Gasteiger partial charge on any atom is -0.497 e. The predicted octanol–water partition coefficient (Wildman–Crippen LogP) is 3.85. The molecular weight excluding hydrogens is 364 g/mol. The summed E-state index contributed by atoms with van der Waals surface area (Å²) in [7, 11) is 1.63. The molecule has 6 nitrogen and oxygen atoms in total. The summed E-state index contributed by atoms with van der Waals surface area (Å²) in [5.41, 5.74) is 2.10. The first kappa shape index (κ1) is 18.7. The molecule has 0 fully saturated rings. The van der Waals surface area contributed by atoms with Crippen molar-refractivity contribution in [2.75, 3.05) is 19.0 Å². The van der Waals surface area contributed by atoms with Crippen molar-refractivity contribution < 1.29 is 9.53 Å². The molecule has 3 aromatic rings. The summed E-state index contributed by atoms with van der Waals surface area (Å²) in [6, 6.07) is 18.4. The van der Waals surface area contributed by atoms with Gasteiger partial charge >= 0.3 is 0 Å². The van der Waals surface area contributed by atoms with Gasteiger partial charge in [-0.1, -0.05) is 35.9 Å². The molecule has 3 rings (SSSR count). The average molecular weight is 383 g/mol. The molecular formula is C20H19ClN4O2. The predicted molar refractivity (Wildman–Crippen MR) is 106 cm³/mol. The molecule has 0 aliphatic heterocycles. The lowest BCUT2D eigenvalue weighted by Gasteiger charge is -2.08. The van der Waals surface area contributed by atoms with Gasteiger partial charge in [0.25, 0.3) is 5.91 Å². The van der Waals surface area contributed by atoms with Crippen LogP contribution in [0.5, 0.6) is 5.75 Å². The molecule has 0 bridgehead atoms. The Morgan fingerprint density at radius 1 is 1.04 bits per heavy atom. The Kier molecular flexibility index (Phi) is 6.22. The lowest BCUT2D eigenvalue weighted by atomic mass is 10.1. The van der Waals surface area contributed by atoms with Gasteiger partial charge < -0.3 is 15.4 Å². The third kappa shape index (κ3) is 5.18. The summed E-state index contributed by atoms with van der Waals surface area (Å²) >= 11 is 6.10. The molecule has 0 radical (unpaired) electrons. The van der Waals surface area contributed by atoms with Crippen LogP contribution < -0.4 is 15.4 Å². The zero-order valence-corrected chi connectivity index (χ0v) is 15.5. The largest absolute Gasteiger partial charge is 0.497 e. The van der Waals surface area contributed by atoms with E-state index in [0.717, 1.165) is 23.4 Å². The first-order valence-corrected chi connectivity index (χ1v) is 8.80. The molecule has 0 saturated carbocycles.